The molecular weight excluding hydrogens is 540 g/mol. The predicted molar refractivity (Wildman–Crippen MR) is 123 cm³/mol. The van der Waals surface area contributed by atoms with Gasteiger partial charge in [-0.15, -0.1) is 0 Å². The number of methoxy groups -OCH3 is 1. The summed E-state index contributed by atoms with van der Waals surface area (Å²) in [5, 5.41) is 3.71. The summed E-state index contributed by atoms with van der Waals surface area (Å²) in [5.41, 5.74) is 1.63. The molecule has 0 radical (unpaired) electrons. The monoisotopic (exact) mass is 551 g/mol. The Labute approximate surface area is 189 Å². The number of rotatable bonds is 5. The van der Waals surface area contributed by atoms with Crippen molar-refractivity contribution in [1.29, 1.82) is 0 Å². The average molecular weight is 552 g/mol. The average Bonchev–Trinajstić information content (AvgIpc) is 2.92. The Morgan fingerprint density at radius 3 is 2.70 bits per heavy atom. The third-order valence-electron chi connectivity index (χ3n) is 3.58. The van der Waals surface area contributed by atoms with Crippen molar-refractivity contribution in [3.8, 4) is 11.5 Å². The fourth-order valence-corrected chi connectivity index (χ4v) is 4.61. The number of ether oxygens (including phenoxy) is 2. The first kappa shape index (κ1) is 20.7. The molecule has 2 aromatic carbocycles. The zero-order chi connectivity index (χ0) is 19.6. The van der Waals surface area contributed by atoms with Crippen molar-refractivity contribution in [2.24, 2.45) is 0 Å². The lowest BCUT2D eigenvalue weighted by atomic mass is 10.2. The predicted octanol–water partition coefficient (Wildman–Crippen LogP) is 5.67. The van der Waals surface area contributed by atoms with E-state index in [-0.39, 0.29) is 12.5 Å². The van der Waals surface area contributed by atoms with Crippen LogP contribution in [-0.2, 0) is 11.4 Å². The van der Waals surface area contributed by atoms with E-state index in [1.165, 1.54) is 11.8 Å². The molecule has 4 nitrogen and oxygen atoms in total. The second-order valence-electron chi connectivity index (χ2n) is 5.41. The summed E-state index contributed by atoms with van der Waals surface area (Å²) >= 11 is 20.5. The highest BCUT2D eigenvalue weighted by molar-refractivity contribution is 14.1. The number of benzene rings is 2. The Kier molecular flexibility index (Phi) is 6.91. The smallest absolute Gasteiger partial charge is 0.263 e. The number of amides is 1. The van der Waals surface area contributed by atoms with Crippen LogP contribution < -0.4 is 14.8 Å². The highest BCUT2D eigenvalue weighted by Gasteiger charge is 2.22. The Bertz CT molecular complexity index is 966. The van der Waals surface area contributed by atoms with Gasteiger partial charge in [0.05, 0.1) is 15.6 Å². The molecule has 0 atom stereocenters. The van der Waals surface area contributed by atoms with Crippen LogP contribution in [0.25, 0.3) is 6.08 Å². The maximum absolute atomic E-state index is 11.8. The molecule has 1 saturated heterocycles. The summed E-state index contributed by atoms with van der Waals surface area (Å²) in [6, 6.07) is 8.97. The molecule has 1 fully saturated rings. The highest BCUT2D eigenvalue weighted by Crippen LogP contribution is 2.36. The third kappa shape index (κ3) is 5.08. The van der Waals surface area contributed by atoms with Gasteiger partial charge in [-0.25, -0.2) is 0 Å². The minimum Gasteiger partial charge on any atom is -0.493 e. The molecule has 0 saturated carbocycles. The first-order chi connectivity index (χ1) is 12.9. The van der Waals surface area contributed by atoms with Crippen LogP contribution in [0.1, 0.15) is 11.1 Å². The molecule has 0 aliphatic carbocycles. The maximum atomic E-state index is 11.8. The summed E-state index contributed by atoms with van der Waals surface area (Å²) in [5.74, 6) is 0.965. The van der Waals surface area contributed by atoms with Gasteiger partial charge in [-0.1, -0.05) is 53.2 Å². The van der Waals surface area contributed by atoms with Crippen LogP contribution in [0, 0.1) is 3.57 Å². The normalized spacial score (nSPS) is 15.2. The number of nitrogens with one attached hydrogen (secondary N) is 1. The molecule has 1 aliphatic heterocycles. The van der Waals surface area contributed by atoms with Gasteiger partial charge >= 0.3 is 0 Å². The molecule has 140 valence electrons. The van der Waals surface area contributed by atoms with Crippen LogP contribution in [0.15, 0.2) is 35.2 Å². The minimum atomic E-state index is -0.198. The van der Waals surface area contributed by atoms with E-state index in [2.05, 4.69) is 27.9 Å². The van der Waals surface area contributed by atoms with Crippen molar-refractivity contribution in [1.82, 2.24) is 5.32 Å². The van der Waals surface area contributed by atoms with Crippen molar-refractivity contribution in [3.05, 3.63) is 60.0 Å². The number of hydrogen-bond acceptors (Lipinski definition) is 5. The molecule has 9 heteroatoms. The molecule has 0 bridgehead atoms. The van der Waals surface area contributed by atoms with Gasteiger partial charge in [-0.05, 0) is 58.5 Å². The summed E-state index contributed by atoms with van der Waals surface area (Å²) in [7, 11) is 1.57. The molecule has 1 N–H and O–H groups in total. The summed E-state index contributed by atoms with van der Waals surface area (Å²) in [6.45, 7) is 0.273. The largest absolute Gasteiger partial charge is 0.493 e. The molecule has 0 spiro atoms. The van der Waals surface area contributed by atoms with Crippen molar-refractivity contribution in [2.45, 2.75) is 6.61 Å². The van der Waals surface area contributed by atoms with Gasteiger partial charge in [0.1, 0.15) is 10.9 Å². The molecule has 2 aromatic rings. The second-order valence-corrected chi connectivity index (χ2v) is 9.14. The van der Waals surface area contributed by atoms with Crippen molar-refractivity contribution in [3.63, 3.8) is 0 Å². The van der Waals surface area contributed by atoms with Crippen LogP contribution in [-0.4, -0.2) is 17.3 Å². The van der Waals surface area contributed by atoms with E-state index in [0.717, 1.165) is 14.7 Å². The zero-order valence-corrected chi connectivity index (χ0v) is 19.1. The van der Waals surface area contributed by atoms with Gasteiger partial charge in [0.2, 0.25) is 0 Å². The van der Waals surface area contributed by atoms with Gasteiger partial charge in [-0.2, -0.15) is 0 Å². The first-order valence-electron chi connectivity index (χ1n) is 7.56. The lowest BCUT2D eigenvalue weighted by Crippen LogP contribution is -2.17. The topological polar surface area (TPSA) is 47.6 Å². The van der Waals surface area contributed by atoms with Gasteiger partial charge in [-0.3, -0.25) is 4.79 Å². The van der Waals surface area contributed by atoms with Crippen LogP contribution in [0.3, 0.4) is 0 Å². The molecule has 1 aliphatic rings. The Morgan fingerprint density at radius 1 is 1.30 bits per heavy atom. The Morgan fingerprint density at radius 2 is 2.07 bits per heavy atom. The first-order valence-corrected chi connectivity index (χ1v) is 10.6. The van der Waals surface area contributed by atoms with Crippen LogP contribution >= 0.6 is 69.8 Å². The highest BCUT2D eigenvalue weighted by atomic mass is 127. The lowest BCUT2D eigenvalue weighted by Gasteiger charge is -2.14. The van der Waals surface area contributed by atoms with E-state index in [1.807, 2.05) is 18.2 Å². The molecule has 3 rings (SSSR count). The molecule has 1 heterocycles. The number of carbonyl (C=O) groups is 1. The molecule has 0 unspecified atom stereocenters. The Balaban J connectivity index is 1.85. The van der Waals surface area contributed by atoms with Gasteiger partial charge in [0.25, 0.3) is 5.91 Å². The van der Waals surface area contributed by atoms with E-state index in [9.17, 15) is 4.79 Å². The number of carbonyl (C=O) groups excluding carboxylic acids is 1. The summed E-state index contributed by atoms with van der Waals surface area (Å²) < 4.78 is 12.7. The standard InChI is InChI=1S/C18H12Cl2INO3S2/c1-24-14-5-9(6-15-17(23)22-18(26)27-15)4-13(21)16(14)25-8-10-2-3-11(19)7-12(10)20/h2-7H,8H2,1H3,(H,22,23,26)/b15-6+. The van der Waals surface area contributed by atoms with Crippen molar-refractivity contribution >= 4 is 86.1 Å². The lowest BCUT2D eigenvalue weighted by molar-refractivity contribution is -0.115. The van der Waals surface area contributed by atoms with Crippen molar-refractivity contribution < 1.29 is 14.3 Å². The SMILES string of the molecule is COc1cc(/C=C2/SC(=S)NC2=O)cc(I)c1OCc1ccc(Cl)cc1Cl. The van der Waals surface area contributed by atoms with E-state index in [4.69, 9.17) is 44.9 Å². The van der Waals surface area contributed by atoms with Gasteiger partial charge in [0.15, 0.2) is 11.5 Å². The molecule has 0 aromatic heterocycles. The van der Waals surface area contributed by atoms with Crippen molar-refractivity contribution in [2.75, 3.05) is 7.11 Å². The number of halogens is 3. The van der Waals surface area contributed by atoms with E-state index >= 15 is 0 Å². The van der Waals surface area contributed by atoms with E-state index in [0.29, 0.717) is 30.8 Å². The van der Waals surface area contributed by atoms with Crippen LogP contribution in [0.4, 0.5) is 0 Å². The van der Waals surface area contributed by atoms with Gasteiger partial charge in [0, 0.05) is 15.6 Å². The molecule has 1 amide bonds. The quantitative estimate of drug-likeness (QED) is 0.294. The second kappa shape index (κ2) is 9.00. The maximum Gasteiger partial charge on any atom is 0.263 e. The minimum absolute atomic E-state index is 0.198. The number of thioether (sulfide) groups is 1. The van der Waals surface area contributed by atoms with Gasteiger partial charge < -0.3 is 14.8 Å². The van der Waals surface area contributed by atoms with E-state index < -0.39 is 0 Å². The van der Waals surface area contributed by atoms with Crippen LogP contribution in [0.2, 0.25) is 10.0 Å². The van der Waals surface area contributed by atoms with E-state index in [1.54, 1.807) is 25.3 Å². The Hall–Kier alpha value is -1.00. The number of thiocarbonyl (C=S) groups is 1. The third-order valence-corrected chi connectivity index (χ3v) is 6.13. The summed E-state index contributed by atoms with van der Waals surface area (Å²) in [4.78, 5) is 12.4. The van der Waals surface area contributed by atoms with Crippen LogP contribution in [0.5, 0.6) is 11.5 Å². The zero-order valence-electron chi connectivity index (χ0n) is 13.8. The molecule has 27 heavy (non-hydrogen) atoms. The fourth-order valence-electron chi connectivity index (χ4n) is 2.32. The summed E-state index contributed by atoms with van der Waals surface area (Å²) in [6.07, 6.45) is 1.77. The molecular formula is C18H12Cl2INO3S2. The fraction of sp³-hybridized carbons (Fsp3) is 0.111. The number of hydrogen-bond donors (Lipinski definition) is 1.